The molecule has 4 heterocycles. The van der Waals surface area contributed by atoms with Crippen molar-refractivity contribution in [1.82, 2.24) is 19.6 Å². The molecule has 6 rings (SSSR count). The predicted molar refractivity (Wildman–Crippen MR) is 137 cm³/mol. The Balaban J connectivity index is 1.45. The minimum atomic E-state index is -1.90. The summed E-state index contributed by atoms with van der Waals surface area (Å²) < 4.78 is 56.5. The lowest BCUT2D eigenvalue weighted by Gasteiger charge is -2.49. The third-order valence-corrected chi connectivity index (χ3v) is 7.96. The van der Waals surface area contributed by atoms with Crippen LogP contribution in [-0.4, -0.2) is 72.2 Å². The summed E-state index contributed by atoms with van der Waals surface area (Å²) in [6.07, 6.45) is -3.01. The first kappa shape index (κ1) is 27.1. The molecule has 0 aliphatic carbocycles. The minimum absolute atomic E-state index is 0.0713. The fraction of sp³-hybridized carbons (Fsp3) is 0.346. The molecule has 2 aliphatic heterocycles. The molecule has 0 amide bonds. The van der Waals surface area contributed by atoms with Crippen molar-refractivity contribution in [3.05, 3.63) is 80.9 Å². The number of hydrogen-bond donors (Lipinski definition) is 3. The fourth-order valence-corrected chi connectivity index (χ4v) is 6.00. The van der Waals surface area contributed by atoms with Gasteiger partial charge in [-0.25, -0.2) is 17.9 Å². The molecule has 0 saturated carbocycles. The molecule has 2 fully saturated rings. The molecule has 14 heteroatoms. The number of aliphatic hydroxyl groups excluding tert-OH is 3. The van der Waals surface area contributed by atoms with Crippen LogP contribution >= 0.6 is 15.9 Å². The molecule has 40 heavy (non-hydrogen) atoms. The van der Waals surface area contributed by atoms with E-state index in [9.17, 15) is 33.3 Å². The smallest absolute Gasteiger partial charge is 0.251 e. The van der Waals surface area contributed by atoms with Crippen molar-refractivity contribution in [3.63, 3.8) is 0 Å². The summed E-state index contributed by atoms with van der Waals surface area (Å²) >= 11 is 3.42. The first-order chi connectivity index (χ1) is 19.1. The maximum Gasteiger partial charge on any atom is 0.251 e. The first-order valence-electron chi connectivity index (χ1n) is 12.3. The van der Waals surface area contributed by atoms with Gasteiger partial charge in [-0.2, -0.15) is 0 Å². The van der Waals surface area contributed by atoms with Crippen LogP contribution in [0, 0.1) is 17.5 Å². The summed E-state index contributed by atoms with van der Waals surface area (Å²) in [4.78, 5) is 13.2. The molecule has 10 nitrogen and oxygen atoms in total. The predicted octanol–water partition coefficient (Wildman–Crippen LogP) is 2.45. The molecule has 2 aromatic carbocycles. The maximum atomic E-state index is 13.8. The standard InChI is InChI=1S/C26H22BrF3N4O6/c27-14-2-3-18-12(7-14)1-4-21(36)34(18)20-5-6-39-26(20)25(38)23(24(37)19(11-35)40-26)33-10-17(31-32-33)13-8-15(28)22(30)16(29)9-13/h1-4,7-10,19-20,23-25,35,37-38H,5-6,11H2/t19-,20-,23+,24+,25-,26+/m1/s1. The highest BCUT2D eigenvalue weighted by molar-refractivity contribution is 9.10. The van der Waals surface area contributed by atoms with Crippen molar-refractivity contribution < 1.29 is 38.0 Å². The third-order valence-electron chi connectivity index (χ3n) is 7.46. The molecular formula is C26H22BrF3N4O6. The molecule has 210 valence electrons. The molecule has 0 unspecified atom stereocenters. The van der Waals surface area contributed by atoms with Crippen LogP contribution in [0.5, 0.6) is 0 Å². The van der Waals surface area contributed by atoms with Crippen LogP contribution in [0.25, 0.3) is 22.2 Å². The summed E-state index contributed by atoms with van der Waals surface area (Å²) in [5, 5.41) is 41.4. The van der Waals surface area contributed by atoms with Gasteiger partial charge in [0.05, 0.1) is 31.0 Å². The Kier molecular flexibility index (Phi) is 6.79. The van der Waals surface area contributed by atoms with Crippen LogP contribution in [0.2, 0.25) is 0 Å². The number of aliphatic hydroxyl groups is 3. The highest BCUT2D eigenvalue weighted by atomic mass is 79.9. The van der Waals surface area contributed by atoms with E-state index in [2.05, 4.69) is 26.2 Å². The van der Waals surface area contributed by atoms with E-state index in [0.717, 1.165) is 26.7 Å². The summed E-state index contributed by atoms with van der Waals surface area (Å²) in [6, 6.07) is 7.65. The van der Waals surface area contributed by atoms with E-state index >= 15 is 0 Å². The summed E-state index contributed by atoms with van der Waals surface area (Å²) in [7, 11) is 0. The number of rotatable bonds is 4. The number of hydrogen-bond acceptors (Lipinski definition) is 8. The van der Waals surface area contributed by atoms with Crippen molar-refractivity contribution in [1.29, 1.82) is 0 Å². The van der Waals surface area contributed by atoms with Gasteiger partial charge in [-0.1, -0.05) is 21.1 Å². The zero-order chi connectivity index (χ0) is 28.3. The third kappa shape index (κ3) is 4.17. The van der Waals surface area contributed by atoms with Gasteiger partial charge < -0.3 is 24.8 Å². The average molecular weight is 623 g/mol. The van der Waals surface area contributed by atoms with Gasteiger partial charge in [0.15, 0.2) is 17.5 Å². The molecule has 2 aliphatic rings. The second-order valence-electron chi connectivity index (χ2n) is 9.72. The molecule has 2 saturated heterocycles. The van der Waals surface area contributed by atoms with Crippen molar-refractivity contribution in [2.24, 2.45) is 0 Å². The number of benzene rings is 2. The van der Waals surface area contributed by atoms with Crippen LogP contribution in [0.15, 0.2) is 57.9 Å². The number of fused-ring (bicyclic) bond motifs is 1. The fourth-order valence-electron chi connectivity index (χ4n) is 5.62. The second-order valence-corrected chi connectivity index (χ2v) is 10.6. The van der Waals surface area contributed by atoms with Gasteiger partial charge in [-0.05, 0) is 48.2 Å². The largest absolute Gasteiger partial charge is 0.394 e. The SMILES string of the molecule is O=c1ccc2cc(Br)ccc2n1[C@@H]1CCO[C@]12O[C@H](CO)[C@H](O)[C@H](n1cc(-c3cc(F)c(F)c(F)c3)nn1)[C@H]2O. The van der Waals surface area contributed by atoms with Crippen LogP contribution in [0.1, 0.15) is 18.5 Å². The van der Waals surface area contributed by atoms with Gasteiger partial charge in [0.25, 0.3) is 5.56 Å². The van der Waals surface area contributed by atoms with Gasteiger partial charge in [-0.15, -0.1) is 5.10 Å². The van der Waals surface area contributed by atoms with Gasteiger partial charge in [0, 0.05) is 16.1 Å². The highest BCUT2D eigenvalue weighted by Crippen LogP contribution is 2.48. The molecular weight excluding hydrogens is 601 g/mol. The van der Waals surface area contributed by atoms with E-state index < -0.39 is 60.2 Å². The lowest BCUT2D eigenvalue weighted by Crippen LogP contribution is -2.65. The van der Waals surface area contributed by atoms with Crippen molar-refractivity contribution in [3.8, 4) is 11.3 Å². The van der Waals surface area contributed by atoms with Crippen LogP contribution in [0.4, 0.5) is 13.2 Å². The van der Waals surface area contributed by atoms with E-state index in [1.165, 1.54) is 16.8 Å². The summed E-state index contributed by atoms with van der Waals surface area (Å²) in [5.74, 6) is -6.39. The molecule has 1 spiro atoms. The summed E-state index contributed by atoms with van der Waals surface area (Å²) in [5.41, 5.74) is -0.0336. The number of ether oxygens (including phenoxy) is 2. The Labute approximate surface area is 232 Å². The maximum absolute atomic E-state index is 13.8. The lowest BCUT2D eigenvalue weighted by atomic mass is 9.86. The molecule has 2 aromatic heterocycles. The normalized spacial score (nSPS) is 28.5. The van der Waals surface area contributed by atoms with E-state index in [-0.39, 0.29) is 29.8 Å². The van der Waals surface area contributed by atoms with Gasteiger partial charge >= 0.3 is 0 Å². The van der Waals surface area contributed by atoms with E-state index in [0.29, 0.717) is 5.52 Å². The van der Waals surface area contributed by atoms with Crippen LogP contribution in [0.3, 0.4) is 0 Å². The zero-order valence-corrected chi connectivity index (χ0v) is 22.1. The minimum Gasteiger partial charge on any atom is -0.394 e. The molecule has 4 aromatic rings. The number of nitrogens with zero attached hydrogens (tertiary/aromatic N) is 4. The second kappa shape index (κ2) is 10.0. The van der Waals surface area contributed by atoms with Crippen molar-refractivity contribution >= 4 is 26.8 Å². The molecule has 6 atom stereocenters. The molecule has 0 radical (unpaired) electrons. The average Bonchev–Trinajstić information content (AvgIpc) is 3.58. The Morgan fingerprint density at radius 2 is 1.85 bits per heavy atom. The Hall–Kier alpha value is -3.14. The Morgan fingerprint density at radius 1 is 1.10 bits per heavy atom. The lowest BCUT2D eigenvalue weighted by molar-refractivity contribution is -0.350. The summed E-state index contributed by atoms with van der Waals surface area (Å²) in [6.45, 7) is -0.589. The van der Waals surface area contributed by atoms with Gasteiger partial charge in [0.1, 0.15) is 30.0 Å². The van der Waals surface area contributed by atoms with Gasteiger partial charge in [0.2, 0.25) is 5.79 Å². The monoisotopic (exact) mass is 622 g/mol. The number of halogens is 4. The van der Waals surface area contributed by atoms with Crippen LogP contribution in [-0.2, 0) is 9.47 Å². The zero-order valence-electron chi connectivity index (χ0n) is 20.5. The first-order valence-corrected chi connectivity index (χ1v) is 13.1. The van der Waals surface area contributed by atoms with E-state index in [1.54, 1.807) is 18.2 Å². The molecule has 0 bridgehead atoms. The highest BCUT2D eigenvalue weighted by Gasteiger charge is 2.62. The topological polar surface area (TPSA) is 132 Å². The number of pyridine rings is 1. The number of aromatic nitrogens is 4. The van der Waals surface area contributed by atoms with Crippen molar-refractivity contribution in [2.45, 2.75) is 42.6 Å². The van der Waals surface area contributed by atoms with Crippen LogP contribution < -0.4 is 5.56 Å². The Bertz CT molecular complexity index is 1640. The van der Waals surface area contributed by atoms with E-state index in [1.807, 2.05) is 6.07 Å². The van der Waals surface area contributed by atoms with Gasteiger partial charge in [-0.3, -0.25) is 9.36 Å². The quantitative estimate of drug-likeness (QED) is 0.296. The van der Waals surface area contributed by atoms with E-state index in [4.69, 9.17) is 9.47 Å². The Morgan fingerprint density at radius 3 is 2.58 bits per heavy atom. The van der Waals surface area contributed by atoms with Crippen molar-refractivity contribution in [2.75, 3.05) is 13.2 Å². The molecule has 3 N–H and O–H groups in total.